The van der Waals surface area contributed by atoms with E-state index in [0.717, 1.165) is 77.7 Å². The molecule has 0 amide bonds. The summed E-state index contributed by atoms with van der Waals surface area (Å²) in [5, 5.41) is 0.649. The number of nitrogens with zero attached hydrogens (tertiary/aromatic N) is 3. The van der Waals surface area contributed by atoms with E-state index in [0.29, 0.717) is 5.02 Å². The third-order valence-electron chi connectivity index (χ3n) is 9.92. The van der Waals surface area contributed by atoms with E-state index in [4.69, 9.17) is 21.6 Å². The number of para-hydroxylation sites is 1. The van der Waals surface area contributed by atoms with Crippen LogP contribution in [0.2, 0.25) is 5.02 Å². The van der Waals surface area contributed by atoms with Crippen LogP contribution in [0.3, 0.4) is 0 Å². The van der Waals surface area contributed by atoms with Crippen molar-refractivity contribution in [1.29, 1.82) is 0 Å². The molecule has 4 aromatic carbocycles. The molecule has 0 aliphatic rings. The molecule has 2 aromatic heterocycles. The lowest BCUT2D eigenvalue weighted by molar-refractivity contribution is 0.531. The van der Waals surface area contributed by atoms with Gasteiger partial charge in [0, 0.05) is 76.4 Å². The van der Waals surface area contributed by atoms with Crippen molar-refractivity contribution >= 4 is 44.6 Å². The van der Waals surface area contributed by atoms with Gasteiger partial charge in [0.1, 0.15) is 0 Å². The summed E-state index contributed by atoms with van der Waals surface area (Å²) in [4.78, 5) is 12.9. The van der Waals surface area contributed by atoms with Crippen LogP contribution in [0.25, 0.3) is 33.4 Å². The molecule has 6 rings (SSSR count). The quantitative estimate of drug-likeness (QED) is 0.168. The molecule has 0 aliphatic heterocycles. The average Bonchev–Trinajstić information content (AvgIpc) is 3.10. The molecule has 6 aromatic rings. The van der Waals surface area contributed by atoms with Gasteiger partial charge in [0.2, 0.25) is 0 Å². The molecule has 0 atom stereocenters. The summed E-state index contributed by atoms with van der Waals surface area (Å²) in [6, 6.07) is 41.4. The number of hydrogen-bond acceptors (Lipinski definition) is 3. The summed E-state index contributed by atoms with van der Waals surface area (Å²) in [6.45, 7) is 26.9. The fourth-order valence-electron chi connectivity index (χ4n) is 6.69. The van der Waals surface area contributed by atoms with Gasteiger partial charge in [0.15, 0.2) is 0 Å². The van der Waals surface area contributed by atoms with Crippen LogP contribution < -0.4 is 4.90 Å². The minimum atomic E-state index is -0.163. The van der Waals surface area contributed by atoms with Crippen LogP contribution in [-0.4, -0.2) is 9.97 Å². The van der Waals surface area contributed by atoms with Crippen LogP contribution >= 0.6 is 27.5 Å². The van der Waals surface area contributed by atoms with Crippen LogP contribution in [-0.2, 0) is 21.7 Å². The zero-order valence-corrected chi connectivity index (χ0v) is 36.9. The first-order valence-corrected chi connectivity index (χ1v) is 20.4. The summed E-state index contributed by atoms with van der Waals surface area (Å²) in [6.07, 6.45) is 0. The molecule has 3 nitrogen and oxygen atoms in total. The topological polar surface area (TPSA) is 29.0 Å². The number of pyridine rings is 2. The molecule has 0 spiro atoms. The normalized spacial score (nSPS) is 12.5. The maximum atomic E-state index is 6.92. The standard InChI is InChI=1S/C50H55BrClN3/c1-47(2,3)42-25-34(26-43(53-42)48(4,5)6)40-22-17-23-41(35-27-44(49(7,8)9)54-45(28-35)50(10,11)12)46(40)55(39-30-36(51)29-37(52)31-39)38-21-16-20-33(24-38)32-18-14-13-15-19-32/h13-31H,1-12H3. The van der Waals surface area contributed by atoms with E-state index in [1.54, 1.807) is 0 Å². The number of rotatable bonds is 6. The van der Waals surface area contributed by atoms with Crippen LogP contribution in [0.15, 0.2) is 120 Å². The van der Waals surface area contributed by atoms with Crippen molar-refractivity contribution < 1.29 is 0 Å². The Balaban J connectivity index is 1.80. The smallest absolute Gasteiger partial charge is 0.0618 e. The molecule has 0 fully saturated rings. The molecule has 55 heavy (non-hydrogen) atoms. The molecule has 2 heterocycles. The van der Waals surface area contributed by atoms with Crippen LogP contribution in [0.4, 0.5) is 17.1 Å². The minimum absolute atomic E-state index is 0.163. The molecule has 0 unspecified atom stereocenters. The van der Waals surface area contributed by atoms with Crippen molar-refractivity contribution in [3.8, 4) is 33.4 Å². The second kappa shape index (κ2) is 15.0. The first-order valence-electron chi connectivity index (χ1n) is 19.2. The summed E-state index contributed by atoms with van der Waals surface area (Å²) >= 11 is 10.7. The van der Waals surface area contributed by atoms with Gasteiger partial charge in [-0.25, -0.2) is 0 Å². The van der Waals surface area contributed by atoms with E-state index < -0.39 is 0 Å². The van der Waals surface area contributed by atoms with Gasteiger partial charge < -0.3 is 4.90 Å². The lowest BCUT2D eigenvalue weighted by Gasteiger charge is -2.32. The number of anilines is 3. The van der Waals surface area contributed by atoms with Crippen molar-refractivity contribution in [3.05, 3.63) is 148 Å². The summed E-state index contributed by atoms with van der Waals surface area (Å²) in [5.41, 5.74) is 13.3. The van der Waals surface area contributed by atoms with Gasteiger partial charge in [-0.05, 0) is 76.9 Å². The Morgan fingerprint density at radius 3 is 1.31 bits per heavy atom. The Hall–Kier alpha value is -4.25. The molecule has 0 N–H and O–H groups in total. The maximum Gasteiger partial charge on any atom is 0.0618 e. The third-order valence-corrected chi connectivity index (χ3v) is 10.6. The highest BCUT2D eigenvalue weighted by Crippen LogP contribution is 2.49. The summed E-state index contributed by atoms with van der Waals surface area (Å²) in [7, 11) is 0. The Bertz CT molecular complexity index is 2160. The van der Waals surface area contributed by atoms with Gasteiger partial charge in [0.05, 0.1) is 5.69 Å². The zero-order chi connectivity index (χ0) is 40.1. The van der Waals surface area contributed by atoms with Crippen molar-refractivity contribution in [2.45, 2.75) is 105 Å². The van der Waals surface area contributed by atoms with E-state index >= 15 is 0 Å². The fourth-order valence-corrected chi connectivity index (χ4v) is 7.53. The number of hydrogen-bond donors (Lipinski definition) is 0. The Labute approximate surface area is 343 Å². The molecular formula is C50H55BrClN3. The van der Waals surface area contributed by atoms with Crippen molar-refractivity contribution in [3.63, 3.8) is 0 Å². The van der Waals surface area contributed by atoms with Gasteiger partial charge in [-0.1, -0.05) is 171 Å². The largest absolute Gasteiger partial charge is 0.309 e. The monoisotopic (exact) mass is 811 g/mol. The lowest BCUT2D eigenvalue weighted by atomic mass is 9.83. The molecule has 0 radical (unpaired) electrons. The average molecular weight is 813 g/mol. The van der Waals surface area contributed by atoms with Crippen LogP contribution in [0.1, 0.15) is 106 Å². The molecule has 0 saturated heterocycles. The van der Waals surface area contributed by atoms with E-state index in [1.807, 2.05) is 6.07 Å². The first kappa shape index (κ1) is 40.4. The highest BCUT2D eigenvalue weighted by molar-refractivity contribution is 9.10. The molecule has 0 saturated carbocycles. The predicted molar refractivity (Wildman–Crippen MR) is 241 cm³/mol. The van der Waals surface area contributed by atoms with Gasteiger partial charge in [-0.2, -0.15) is 0 Å². The lowest BCUT2D eigenvalue weighted by Crippen LogP contribution is -2.21. The summed E-state index contributed by atoms with van der Waals surface area (Å²) in [5.74, 6) is 0. The van der Waals surface area contributed by atoms with Crippen molar-refractivity contribution in [2.24, 2.45) is 0 Å². The highest BCUT2D eigenvalue weighted by atomic mass is 79.9. The Kier molecular flexibility index (Phi) is 11.0. The molecule has 284 valence electrons. The van der Waals surface area contributed by atoms with Gasteiger partial charge in [0.25, 0.3) is 0 Å². The second-order valence-corrected chi connectivity index (χ2v) is 20.2. The molecule has 5 heteroatoms. The van der Waals surface area contributed by atoms with E-state index in [-0.39, 0.29) is 21.7 Å². The van der Waals surface area contributed by atoms with Crippen LogP contribution in [0, 0.1) is 0 Å². The maximum absolute atomic E-state index is 6.92. The Morgan fingerprint density at radius 2 is 0.873 bits per heavy atom. The van der Waals surface area contributed by atoms with Gasteiger partial charge in [-0.3, -0.25) is 9.97 Å². The summed E-state index contributed by atoms with van der Waals surface area (Å²) < 4.78 is 0.904. The van der Waals surface area contributed by atoms with E-state index in [9.17, 15) is 0 Å². The SMILES string of the molecule is CC(C)(C)c1cc(-c2cccc(-c3cc(C(C)(C)C)nc(C(C)(C)C)c3)c2N(c2cc(Cl)cc(Br)c2)c2cccc(-c3ccccc3)c2)cc(C(C)(C)C)n1. The first-order chi connectivity index (χ1) is 25.6. The number of benzene rings is 4. The second-order valence-electron chi connectivity index (χ2n) is 18.8. The zero-order valence-electron chi connectivity index (χ0n) is 34.6. The van der Waals surface area contributed by atoms with Crippen LogP contribution in [0.5, 0.6) is 0 Å². The Morgan fingerprint density at radius 1 is 0.436 bits per heavy atom. The van der Waals surface area contributed by atoms with Gasteiger partial charge >= 0.3 is 0 Å². The number of halogens is 2. The minimum Gasteiger partial charge on any atom is -0.309 e. The predicted octanol–water partition coefficient (Wildman–Crippen LogP) is 15.6. The molecule has 0 aliphatic carbocycles. The van der Waals surface area contributed by atoms with E-state index in [2.05, 4.69) is 213 Å². The van der Waals surface area contributed by atoms with Gasteiger partial charge in [-0.15, -0.1) is 0 Å². The molecule has 0 bridgehead atoms. The fraction of sp³-hybridized carbons (Fsp3) is 0.320. The highest BCUT2D eigenvalue weighted by Gasteiger charge is 2.29. The van der Waals surface area contributed by atoms with Crippen molar-refractivity contribution in [2.75, 3.05) is 4.90 Å². The van der Waals surface area contributed by atoms with Crippen molar-refractivity contribution in [1.82, 2.24) is 9.97 Å². The molecular weight excluding hydrogens is 758 g/mol. The number of aromatic nitrogens is 2. The van der Waals surface area contributed by atoms with E-state index in [1.165, 1.54) is 0 Å². The third kappa shape index (κ3) is 9.08.